The number of aromatic nitrogens is 2. The lowest BCUT2D eigenvalue weighted by atomic mass is 10.3. The third kappa shape index (κ3) is 1.29. The summed E-state index contributed by atoms with van der Waals surface area (Å²) in [4.78, 5) is 25.1. The van der Waals surface area contributed by atoms with Crippen LogP contribution in [-0.2, 0) is 0 Å². The normalized spacial score (nSPS) is 10.7. The van der Waals surface area contributed by atoms with Crippen molar-refractivity contribution >= 4 is 32.9 Å². The number of carbonyl (C=O) groups is 1. The Morgan fingerprint density at radius 3 is 2.86 bits per heavy atom. The summed E-state index contributed by atoms with van der Waals surface area (Å²) in [6, 6.07) is 5.27. The molecule has 1 heterocycles. The van der Waals surface area contributed by atoms with Crippen LogP contribution in [0.5, 0.6) is 0 Å². The number of H-pyrrole nitrogens is 1. The molecule has 1 aromatic heterocycles. The van der Waals surface area contributed by atoms with Gasteiger partial charge in [-0.15, -0.1) is 0 Å². The molecule has 1 N–H and O–H groups in total. The molecule has 4 nitrogen and oxygen atoms in total. The van der Waals surface area contributed by atoms with Gasteiger partial charge >= 0.3 is 5.69 Å². The third-order valence-electron chi connectivity index (χ3n) is 1.96. The molecule has 0 aliphatic heterocycles. The van der Waals surface area contributed by atoms with Crippen molar-refractivity contribution in [1.82, 2.24) is 9.55 Å². The second-order valence-electron chi connectivity index (χ2n) is 2.95. The second-order valence-corrected chi connectivity index (χ2v) is 3.86. The number of benzene rings is 1. The molecule has 2 rings (SSSR count). The Labute approximate surface area is 87.7 Å². The van der Waals surface area contributed by atoms with E-state index >= 15 is 0 Å². The van der Waals surface area contributed by atoms with Gasteiger partial charge in [-0.1, -0.05) is 15.9 Å². The van der Waals surface area contributed by atoms with Crippen LogP contribution in [0.2, 0.25) is 0 Å². The first-order valence-electron chi connectivity index (χ1n) is 4.01. The molecule has 0 bridgehead atoms. The molecule has 1 aromatic carbocycles. The topological polar surface area (TPSA) is 54.9 Å². The summed E-state index contributed by atoms with van der Waals surface area (Å²) in [5, 5.41) is 0. The number of hydrogen-bond donors (Lipinski definition) is 1. The number of nitrogens with zero attached hydrogens (tertiary/aromatic N) is 1. The van der Waals surface area contributed by atoms with E-state index in [0.717, 1.165) is 9.04 Å². The van der Waals surface area contributed by atoms with Crippen LogP contribution in [-0.4, -0.2) is 15.5 Å². The monoisotopic (exact) mass is 254 g/mol. The van der Waals surface area contributed by atoms with Crippen molar-refractivity contribution in [3.05, 3.63) is 33.2 Å². The highest BCUT2D eigenvalue weighted by molar-refractivity contribution is 9.10. The lowest BCUT2D eigenvalue weighted by Crippen LogP contribution is -2.21. The van der Waals surface area contributed by atoms with E-state index in [1.54, 1.807) is 18.2 Å². The lowest BCUT2D eigenvalue weighted by Gasteiger charge is -1.95. The largest absolute Gasteiger partial charge is 0.333 e. The summed E-state index contributed by atoms with van der Waals surface area (Å²) in [6.07, 6.45) is 0. The Kier molecular flexibility index (Phi) is 2.03. The van der Waals surface area contributed by atoms with Gasteiger partial charge in [0.1, 0.15) is 0 Å². The molecule has 72 valence electrons. The van der Waals surface area contributed by atoms with Gasteiger partial charge in [-0.3, -0.25) is 4.79 Å². The van der Waals surface area contributed by atoms with E-state index < -0.39 is 5.69 Å². The van der Waals surface area contributed by atoms with Crippen molar-refractivity contribution in [2.45, 2.75) is 6.92 Å². The molecule has 0 saturated carbocycles. The number of aromatic amines is 1. The van der Waals surface area contributed by atoms with Crippen molar-refractivity contribution in [3.63, 3.8) is 0 Å². The summed E-state index contributed by atoms with van der Waals surface area (Å²) in [6.45, 7) is 1.36. The van der Waals surface area contributed by atoms with Crippen molar-refractivity contribution in [3.8, 4) is 0 Å². The number of fused-ring (bicyclic) bond motifs is 1. The minimum Gasteiger partial charge on any atom is -0.305 e. The first-order valence-corrected chi connectivity index (χ1v) is 4.80. The van der Waals surface area contributed by atoms with Crippen LogP contribution in [0.1, 0.15) is 11.7 Å². The summed E-state index contributed by atoms with van der Waals surface area (Å²) in [7, 11) is 0. The van der Waals surface area contributed by atoms with Crippen LogP contribution in [0, 0.1) is 0 Å². The molecule has 14 heavy (non-hydrogen) atoms. The van der Waals surface area contributed by atoms with E-state index in [9.17, 15) is 9.59 Å². The minimum atomic E-state index is -0.398. The molecule has 0 aliphatic rings. The van der Waals surface area contributed by atoms with E-state index in [1.165, 1.54) is 6.92 Å². The number of halogens is 1. The van der Waals surface area contributed by atoms with Gasteiger partial charge in [0, 0.05) is 11.4 Å². The highest BCUT2D eigenvalue weighted by atomic mass is 79.9. The Bertz CT molecular complexity index is 568. The molecule has 0 atom stereocenters. The summed E-state index contributed by atoms with van der Waals surface area (Å²) in [5.41, 5.74) is 0.857. The fraction of sp³-hybridized carbons (Fsp3) is 0.111. The molecule has 0 fully saturated rings. The first-order chi connectivity index (χ1) is 6.59. The zero-order valence-corrected chi connectivity index (χ0v) is 8.96. The Balaban J connectivity index is 2.91. The van der Waals surface area contributed by atoms with Gasteiger partial charge in [0.25, 0.3) is 0 Å². The van der Waals surface area contributed by atoms with Crippen molar-refractivity contribution in [1.29, 1.82) is 0 Å². The van der Waals surface area contributed by atoms with Crippen LogP contribution < -0.4 is 5.69 Å². The number of rotatable bonds is 0. The maximum Gasteiger partial charge on any atom is 0.333 e. The molecule has 0 radical (unpaired) electrons. The van der Waals surface area contributed by atoms with Crippen LogP contribution in [0.4, 0.5) is 0 Å². The van der Waals surface area contributed by atoms with Crippen LogP contribution in [0.3, 0.4) is 0 Å². The van der Waals surface area contributed by atoms with Crippen LogP contribution in [0.15, 0.2) is 27.5 Å². The molecule has 5 heteroatoms. The SMILES string of the molecule is CC(=O)n1c(=O)[nH]c2cc(Br)ccc21. The predicted octanol–water partition coefficient (Wildman–Crippen LogP) is 1.75. The van der Waals surface area contributed by atoms with Gasteiger partial charge in [-0.25, -0.2) is 9.36 Å². The van der Waals surface area contributed by atoms with Gasteiger partial charge in [-0.2, -0.15) is 0 Å². The average molecular weight is 255 g/mol. The number of nitrogens with one attached hydrogen (secondary N) is 1. The predicted molar refractivity (Wildman–Crippen MR) is 56.6 cm³/mol. The van der Waals surface area contributed by atoms with E-state index in [0.29, 0.717) is 11.0 Å². The van der Waals surface area contributed by atoms with Gasteiger partial charge in [0.05, 0.1) is 11.0 Å². The molecule has 2 aromatic rings. The molecule has 0 aliphatic carbocycles. The summed E-state index contributed by atoms with van der Waals surface area (Å²) >= 11 is 3.29. The second kappa shape index (κ2) is 3.09. The summed E-state index contributed by atoms with van der Waals surface area (Å²) in [5.74, 6) is -0.288. The molecular formula is C9H7BrN2O2. The van der Waals surface area contributed by atoms with E-state index in [-0.39, 0.29) is 5.91 Å². The van der Waals surface area contributed by atoms with E-state index in [2.05, 4.69) is 20.9 Å². The maximum atomic E-state index is 11.4. The Morgan fingerprint density at radius 2 is 2.21 bits per heavy atom. The van der Waals surface area contributed by atoms with E-state index in [1.807, 2.05) is 0 Å². The smallest absolute Gasteiger partial charge is 0.305 e. The zero-order chi connectivity index (χ0) is 10.3. The standard InChI is InChI=1S/C9H7BrN2O2/c1-5(13)12-8-3-2-6(10)4-7(8)11-9(12)14/h2-4H,1H3,(H,11,14). The third-order valence-corrected chi connectivity index (χ3v) is 2.45. The van der Waals surface area contributed by atoms with Crippen molar-refractivity contribution in [2.24, 2.45) is 0 Å². The van der Waals surface area contributed by atoms with Gasteiger partial charge in [-0.05, 0) is 18.2 Å². The lowest BCUT2D eigenvalue weighted by molar-refractivity contribution is 0.0937. The van der Waals surface area contributed by atoms with E-state index in [4.69, 9.17) is 0 Å². The highest BCUT2D eigenvalue weighted by Gasteiger charge is 2.09. The molecule has 0 spiro atoms. The molecule has 0 unspecified atom stereocenters. The molecule has 0 amide bonds. The Hall–Kier alpha value is -1.36. The summed E-state index contributed by atoms with van der Waals surface area (Å²) < 4.78 is 1.98. The van der Waals surface area contributed by atoms with Gasteiger partial charge < -0.3 is 4.98 Å². The minimum absolute atomic E-state index is 0.288. The van der Waals surface area contributed by atoms with Crippen molar-refractivity contribution in [2.75, 3.05) is 0 Å². The Morgan fingerprint density at radius 1 is 1.50 bits per heavy atom. The quantitative estimate of drug-likeness (QED) is 0.779. The molecular weight excluding hydrogens is 248 g/mol. The average Bonchev–Trinajstić information content (AvgIpc) is 2.39. The fourth-order valence-corrected chi connectivity index (χ4v) is 1.76. The van der Waals surface area contributed by atoms with Gasteiger partial charge in [0.15, 0.2) is 0 Å². The number of imidazole rings is 1. The number of hydrogen-bond acceptors (Lipinski definition) is 2. The first kappa shape index (κ1) is 9.21. The number of carbonyl (C=O) groups excluding carboxylic acids is 1. The maximum absolute atomic E-state index is 11.4. The zero-order valence-electron chi connectivity index (χ0n) is 7.37. The van der Waals surface area contributed by atoms with Crippen LogP contribution >= 0.6 is 15.9 Å². The van der Waals surface area contributed by atoms with Crippen molar-refractivity contribution < 1.29 is 4.79 Å². The van der Waals surface area contributed by atoms with Crippen LogP contribution in [0.25, 0.3) is 11.0 Å². The molecule has 0 saturated heterocycles. The fourth-order valence-electron chi connectivity index (χ4n) is 1.40. The highest BCUT2D eigenvalue weighted by Crippen LogP contribution is 2.16. The van der Waals surface area contributed by atoms with Gasteiger partial charge in [0.2, 0.25) is 5.91 Å².